The van der Waals surface area contributed by atoms with Crippen LogP contribution in [0.5, 0.6) is 0 Å². The topological polar surface area (TPSA) is 49.8 Å². The summed E-state index contributed by atoms with van der Waals surface area (Å²) in [5, 5.41) is 7.12. The normalized spacial score (nSPS) is 10.5. The van der Waals surface area contributed by atoms with Crippen LogP contribution < -0.4 is 10.6 Å². The quantitative estimate of drug-likeness (QED) is 0.648. The maximum atomic E-state index is 13.6. The summed E-state index contributed by atoms with van der Waals surface area (Å²) in [6.07, 6.45) is 1.42. The predicted molar refractivity (Wildman–Crippen MR) is 95.5 cm³/mol. The summed E-state index contributed by atoms with van der Waals surface area (Å²) in [5.41, 5.74) is 1.32. The average Bonchev–Trinajstić information content (AvgIpc) is 2.58. The van der Waals surface area contributed by atoms with Gasteiger partial charge in [0.05, 0.1) is 10.0 Å². The molecule has 3 aromatic rings. The average molecular weight is 363 g/mol. The standard InChI is InChI=1S/C17H13Cl2FN4/c18-13-6-5-12(7-14(13)19)24-17-8-16(22-10-23-17)21-9-11-3-1-2-4-15(11)20/h1-8,10H,9H2,(H2,21,22,23,24). The Kier molecular flexibility index (Phi) is 5.13. The molecule has 24 heavy (non-hydrogen) atoms. The first-order valence-electron chi connectivity index (χ1n) is 7.13. The SMILES string of the molecule is Fc1ccccc1CNc1cc(Nc2ccc(Cl)c(Cl)c2)ncn1. The third kappa shape index (κ3) is 4.13. The predicted octanol–water partition coefficient (Wildman–Crippen LogP) is 5.28. The maximum Gasteiger partial charge on any atom is 0.135 e. The minimum Gasteiger partial charge on any atom is -0.366 e. The van der Waals surface area contributed by atoms with Crippen molar-refractivity contribution >= 4 is 40.5 Å². The molecule has 3 rings (SSSR count). The lowest BCUT2D eigenvalue weighted by Crippen LogP contribution is -2.04. The number of nitrogens with one attached hydrogen (secondary N) is 2. The van der Waals surface area contributed by atoms with E-state index in [0.29, 0.717) is 33.8 Å². The Morgan fingerprint density at radius 3 is 2.50 bits per heavy atom. The highest BCUT2D eigenvalue weighted by atomic mass is 35.5. The van der Waals surface area contributed by atoms with Crippen LogP contribution in [-0.4, -0.2) is 9.97 Å². The second kappa shape index (κ2) is 7.47. The van der Waals surface area contributed by atoms with Crippen molar-refractivity contribution in [2.45, 2.75) is 6.54 Å². The second-order valence-electron chi connectivity index (χ2n) is 4.99. The van der Waals surface area contributed by atoms with Crippen LogP contribution in [0.25, 0.3) is 0 Å². The highest BCUT2D eigenvalue weighted by Gasteiger charge is 2.04. The number of nitrogens with zero attached hydrogens (tertiary/aromatic N) is 2. The fourth-order valence-corrected chi connectivity index (χ4v) is 2.37. The van der Waals surface area contributed by atoms with E-state index in [-0.39, 0.29) is 5.82 Å². The molecular weight excluding hydrogens is 350 g/mol. The first-order chi connectivity index (χ1) is 11.6. The molecule has 0 saturated carbocycles. The van der Waals surface area contributed by atoms with Gasteiger partial charge in [-0.05, 0) is 24.3 Å². The van der Waals surface area contributed by atoms with Crippen molar-refractivity contribution in [1.29, 1.82) is 0 Å². The lowest BCUT2D eigenvalue weighted by Gasteiger charge is -2.09. The lowest BCUT2D eigenvalue weighted by molar-refractivity contribution is 0.613. The molecule has 0 unspecified atom stereocenters. The van der Waals surface area contributed by atoms with Crippen LogP contribution in [-0.2, 0) is 6.54 Å². The largest absolute Gasteiger partial charge is 0.366 e. The molecule has 122 valence electrons. The molecule has 0 aliphatic carbocycles. The van der Waals surface area contributed by atoms with Gasteiger partial charge in [-0.2, -0.15) is 0 Å². The summed E-state index contributed by atoms with van der Waals surface area (Å²) in [6.45, 7) is 0.329. The van der Waals surface area contributed by atoms with Crippen LogP contribution in [0.2, 0.25) is 10.0 Å². The van der Waals surface area contributed by atoms with Crippen LogP contribution in [0.3, 0.4) is 0 Å². The maximum absolute atomic E-state index is 13.6. The fourth-order valence-electron chi connectivity index (χ4n) is 2.07. The lowest BCUT2D eigenvalue weighted by atomic mass is 10.2. The van der Waals surface area contributed by atoms with Gasteiger partial charge in [-0.25, -0.2) is 14.4 Å². The van der Waals surface area contributed by atoms with E-state index >= 15 is 0 Å². The smallest absolute Gasteiger partial charge is 0.135 e. The summed E-state index contributed by atoms with van der Waals surface area (Å²) in [5.74, 6) is 0.906. The molecule has 0 fully saturated rings. The van der Waals surface area contributed by atoms with Gasteiger partial charge in [-0.15, -0.1) is 0 Å². The minimum absolute atomic E-state index is 0.256. The zero-order valence-electron chi connectivity index (χ0n) is 12.4. The zero-order chi connectivity index (χ0) is 16.9. The van der Waals surface area contributed by atoms with Gasteiger partial charge in [0.2, 0.25) is 0 Å². The van der Waals surface area contributed by atoms with E-state index in [2.05, 4.69) is 20.6 Å². The van der Waals surface area contributed by atoms with Crippen LogP contribution >= 0.6 is 23.2 Å². The highest BCUT2D eigenvalue weighted by molar-refractivity contribution is 6.42. The monoisotopic (exact) mass is 362 g/mol. The van der Waals surface area contributed by atoms with Crippen LogP contribution in [0.1, 0.15) is 5.56 Å². The molecule has 0 amide bonds. The number of aromatic nitrogens is 2. The highest BCUT2D eigenvalue weighted by Crippen LogP contribution is 2.26. The van der Waals surface area contributed by atoms with E-state index in [1.165, 1.54) is 12.4 Å². The van der Waals surface area contributed by atoms with Crippen molar-refractivity contribution in [3.8, 4) is 0 Å². The van der Waals surface area contributed by atoms with Crippen LogP contribution in [0.4, 0.5) is 21.7 Å². The zero-order valence-corrected chi connectivity index (χ0v) is 13.9. The Morgan fingerprint density at radius 2 is 1.71 bits per heavy atom. The third-order valence-corrected chi connectivity index (χ3v) is 4.02. The number of hydrogen-bond acceptors (Lipinski definition) is 4. The molecule has 1 aromatic heterocycles. The molecule has 2 N–H and O–H groups in total. The molecule has 2 aromatic carbocycles. The van der Waals surface area contributed by atoms with E-state index in [1.807, 2.05) is 0 Å². The van der Waals surface area contributed by atoms with E-state index < -0.39 is 0 Å². The van der Waals surface area contributed by atoms with Gasteiger partial charge in [0, 0.05) is 23.9 Å². The van der Waals surface area contributed by atoms with Gasteiger partial charge < -0.3 is 10.6 Å². The number of anilines is 3. The molecule has 4 nitrogen and oxygen atoms in total. The molecule has 0 aliphatic heterocycles. The summed E-state index contributed by atoms with van der Waals surface area (Å²) in [7, 11) is 0. The van der Waals surface area contributed by atoms with Gasteiger partial charge >= 0.3 is 0 Å². The number of benzene rings is 2. The summed E-state index contributed by atoms with van der Waals surface area (Å²) < 4.78 is 13.6. The molecule has 0 aliphatic rings. The van der Waals surface area contributed by atoms with Gasteiger partial charge in [0.25, 0.3) is 0 Å². The first kappa shape index (κ1) is 16.5. The van der Waals surface area contributed by atoms with Gasteiger partial charge in [-0.3, -0.25) is 0 Å². The Labute approximate surface area is 148 Å². The van der Waals surface area contributed by atoms with Crippen molar-refractivity contribution < 1.29 is 4.39 Å². The van der Waals surface area contributed by atoms with Crippen LogP contribution in [0, 0.1) is 5.82 Å². The van der Waals surface area contributed by atoms with Crippen molar-refractivity contribution in [2.75, 3.05) is 10.6 Å². The molecule has 1 heterocycles. The summed E-state index contributed by atoms with van der Waals surface area (Å²) in [6, 6.07) is 13.5. The molecule has 0 atom stereocenters. The minimum atomic E-state index is -0.256. The van der Waals surface area contributed by atoms with Crippen molar-refractivity contribution in [3.63, 3.8) is 0 Å². The Morgan fingerprint density at radius 1 is 0.917 bits per heavy atom. The second-order valence-corrected chi connectivity index (χ2v) is 5.80. The van der Waals surface area contributed by atoms with E-state index in [4.69, 9.17) is 23.2 Å². The van der Waals surface area contributed by atoms with E-state index in [0.717, 1.165) is 5.69 Å². The Balaban J connectivity index is 1.69. The Bertz CT molecular complexity index is 857. The number of hydrogen-bond donors (Lipinski definition) is 2. The summed E-state index contributed by atoms with van der Waals surface area (Å²) in [4.78, 5) is 8.27. The molecule has 7 heteroatoms. The molecule has 0 saturated heterocycles. The van der Waals surface area contributed by atoms with E-state index in [9.17, 15) is 4.39 Å². The third-order valence-electron chi connectivity index (χ3n) is 3.28. The molecular formula is C17H13Cl2FN4. The Hall–Kier alpha value is -2.37. The molecule has 0 spiro atoms. The van der Waals surface area contributed by atoms with Gasteiger partial charge in [0.15, 0.2) is 0 Å². The van der Waals surface area contributed by atoms with Crippen molar-refractivity contribution in [3.05, 3.63) is 76.3 Å². The van der Waals surface area contributed by atoms with Crippen molar-refractivity contribution in [1.82, 2.24) is 9.97 Å². The number of halogens is 3. The first-order valence-corrected chi connectivity index (χ1v) is 7.89. The molecule has 0 radical (unpaired) electrons. The fraction of sp³-hybridized carbons (Fsp3) is 0.0588. The van der Waals surface area contributed by atoms with E-state index in [1.54, 1.807) is 42.5 Å². The number of rotatable bonds is 5. The van der Waals surface area contributed by atoms with Crippen LogP contribution in [0.15, 0.2) is 54.9 Å². The van der Waals surface area contributed by atoms with Gasteiger partial charge in [-0.1, -0.05) is 41.4 Å². The van der Waals surface area contributed by atoms with Gasteiger partial charge in [0.1, 0.15) is 23.8 Å². The van der Waals surface area contributed by atoms with Crippen molar-refractivity contribution in [2.24, 2.45) is 0 Å². The summed E-state index contributed by atoms with van der Waals surface area (Å²) >= 11 is 11.9. The molecule has 0 bridgehead atoms.